The van der Waals surface area contributed by atoms with E-state index in [1.54, 1.807) is 0 Å². The first-order chi connectivity index (χ1) is 11.9. The van der Waals surface area contributed by atoms with E-state index in [2.05, 4.69) is 65.3 Å². The zero-order valence-electron chi connectivity index (χ0n) is 17.4. The number of rotatable bonds is 2. The second-order valence-electron chi connectivity index (χ2n) is 10.6. The summed E-state index contributed by atoms with van der Waals surface area (Å²) in [6.07, 6.45) is 2.88. The highest BCUT2D eigenvalue weighted by atomic mass is 31.2. The molecular formula is C22H34NO2P. The summed E-state index contributed by atoms with van der Waals surface area (Å²) in [5.41, 5.74) is 0.821. The zero-order valence-corrected chi connectivity index (χ0v) is 18.3. The van der Waals surface area contributed by atoms with Crippen LogP contribution in [0.25, 0.3) is 0 Å². The van der Waals surface area contributed by atoms with Gasteiger partial charge < -0.3 is 4.52 Å². The van der Waals surface area contributed by atoms with Crippen LogP contribution in [0.2, 0.25) is 0 Å². The molecule has 2 saturated carbocycles. The maximum atomic E-state index is 14.4. The lowest BCUT2D eigenvalue weighted by Gasteiger charge is -2.45. The topological polar surface area (TPSA) is 29.5 Å². The van der Waals surface area contributed by atoms with E-state index in [0.717, 1.165) is 5.56 Å². The molecule has 4 rings (SSSR count). The van der Waals surface area contributed by atoms with Crippen LogP contribution in [0.4, 0.5) is 0 Å². The summed E-state index contributed by atoms with van der Waals surface area (Å²) in [5, 5.41) is 0. The van der Waals surface area contributed by atoms with E-state index >= 15 is 0 Å². The molecule has 1 aromatic carbocycles. The fraction of sp³-hybridized carbons (Fsp3) is 0.727. The van der Waals surface area contributed by atoms with Gasteiger partial charge in [-0.05, 0) is 57.4 Å². The third-order valence-corrected chi connectivity index (χ3v) is 11.1. The highest BCUT2D eigenvalue weighted by Gasteiger charge is 2.79. The Bertz CT molecular complexity index is 768. The molecule has 0 radical (unpaired) electrons. The normalized spacial score (nSPS) is 44.4. The second-order valence-corrected chi connectivity index (χ2v) is 12.8. The predicted octanol–water partition coefficient (Wildman–Crippen LogP) is 6.09. The summed E-state index contributed by atoms with van der Waals surface area (Å²) in [6.45, 7) is 16.0. The monoisotopic (exact) mass is 375 g/mol. The molecule has 0 unspecified atom stereocenters. The molecular weight excluding hydrogens is 341 g/mol. The van der Waals surface area contributed by atoms with E-state index in [1.807, 2.05) is 18.2 Å². The Morgan fingerprint density at radius 2 is 1.77 bits per heavy atom. The maximum Gasteiger partial charge on any atom is 0.278 e. The van der Waals surface area contributed by atoms with Crippen LogP contribution in [0, 0.1) is 16.7 Å². The molecule has 3 fully saturated rings. The van der Waals surface area contributed by atoms with Crippen molar-refractivity contribution in [2.24, 2.45) is 16.7 Å². The second kappa shape index (κ2) is 5.25. The van der Waals surface area contributed by atoms with Gasteiger partial charge in [-0.25, -0.2) is 4.67 Å². The van der Waals surface area contributed by atoms with Gasteiger partial charge >= 0.3 is 0 Å². The van der Waals surface area contributed by atoms with Gasteiger partial charge in [0.1, 0.15) is 0 Å². The summed E-state index contributed by atoms with van der Waals surface area (Å²) >= 11 is 0. The van der Waals surface area contributed by atoms with Crippen molar-refractivity contribution < 1.29 is 9.09 Å². The molecule has 1 aromatic rings. The fourth-order valence-electron chi connectivity index (χ4n) is 6.57. The van der Waals surface area contributed by atoms with E-state index in [4.69, 9.17) is 4.52 Å². The minimum absolute atomic E-state index is 0.0572. The van der Waals surface area contributed by atoms with Crippen molar-refractivity contribution in [3.63, 3.8) is 0 Å². The van der Waals surface area contributed by atoms with Gasteiger partial charge in [0.15, 0.2) is 0 Å². The Hall–Kier alpha value is -0.630. The molecule has 0 N–H and O–H groups in total. The lowest BCUT2D eigenvalue weighted by molar-refractivity contribution is -0.0538. The number of hydrogen-bond donors (Lipinski definition) is 0. The molecule has 1 heterocycles. The molecule has 3 nitrogen and oxygen atoms in total. The van der Waals surface area contributed by atoms with E-state index in [0.29, 0.717) is 12.1 Å². The lowest BCUT2D eigenvalue weighted by atomic mass is 9.64. The number of benzene rings is 1. The van der Waals surface area contributed by atoms with Crippen molar-refractivity contribution in [1.82, 2.24) is 4.67 Å². The molecule has 1 saturated heterocycles. The minimum Gasteiger partial charge on any atom is -0.308 e. The van der Waals surface area contributed by atoms with Crippen LogP contribution in [0.5, 0.6) is 0 Å². The molecule has 2 aliphatic carbocycles. The van der Waals surface area contributed by atoms with Crippen molar-refractivity contribution >= 4 is 7.52 Å². The summed E-state index contributed by atoms with van der Waals surface area (Å²) in [4.78, 5) is 0. The van der Waals surface area contributed by atoms with E-state index < -0.39 is 7.52 Å². The predicted molar refractivity (Wildman–Crippen MR) is 107 cm³/mol. The summed E-state index contributed by atoms with van der Waals surface area (Å²) in [5.74, 6) is 0.531. The van der Waals surface area contributed by atoms with Crippen molar-refractivity contribution in [2.75, 3.05) is 0 Å². The van der Waals surface area contributed by atoms with E-state index in [9.17, 15) is 4.57 Å². The van der Waals surface area contributed by atoms with Crippen molar-refractivity contribution in [2.45, 2.75) is 84.7 Å². The van der Waals surface area contributed by atoms with Gasteiger partial charge in [-0.3, -0.25) is 4.57 Å². The molecule has 3 aliphatic rings. The molecule has 0 spiro atoms. The van der Waals surface area contributed by atoms with Crippen LogP contribution in [0.3, 0.4) is 0 Å². The van der Waals surface area contributed by atoms with Crippen LogP contribution in [0.15, 0.2) is 30.3 Å². The average Bonchev–Trinajstić information content (AvgIpc) is 2.93. The summed E-state index contributed by atoms with van der Waals surface area (Å²) in [6, 6.07) is 10.4. The molecule has 26 heavy (non-hydrogen) atoms. The largest absolute Gasteiger partial charge is 0.308 e. The molecule has 4 heteroatoms. The first-order valence-corrected chi connectivity index (χ1v) is 11.8. The zero-order chi connectivity index (χ0) is 19.2. The first-order valence-electron chi connectivity index (χ1n) is 10.0. The van der Waals surface area contributed by atoms with Crippen LogP contribution in [-0.4, -0.2) is 21.9 Å². The van der Waals surface area contributed by atoms with Gasteiger partial charge in [0, 0.05) is 11.0 Å². The Kier molecular flexibility index (Phi) is 3.78. The fourth-order valence-corrected chi connectivity index (χ4v) is 10.1. The van der Waals surface area contributed by atoms with Gasteiger partial charge in [0.25, 0.3) is 7.52 Å². The van der Waals surface area contributed by atoms with Crippen molar-refractivity contribution in [3.05, 3.63) is 35.9 Å². The van der Waals surface area contributed by atoms with Gasteiger partial charge in [-0.15, -0.1) is 0 Å². The summed E-state index contributed by atoms with van der Waals surface area (Å²) in [7, 11) is -2.97. The Labute approximate surface area is 159 Å². The standard InChI is InChI=1S/C22H34NO2P/c1-19(2,3)23-18-17-13-14-21(6,20(17,4)5)22(18,7)25-26(23,24)15-16-11-9-8-10-12-16/h8-12,17-18H,13-15H2,1-7H3/t17-,18-,21-,22-,26-/m1/s1. The van der Waals surface area contributed by atoms with E-state index in [1.165, 1.54) is 12.8 Å². The van der Waals surface area contributed by atoms with Crippen LogP contribution >= 0.6 is 7.52 Å². The Morgan fingerprint density at radius 3 is 2.35 bits per heavy atom. The van der Waals surface area contributed by atoms with Gasteiger partial charge in [-0.1, -0.05) is 51.1 Å². The van der Waals surface area contributed by atoms with Gasteiger partial charge in [0.2, 0.25) is 0 Å². The molecule has 1 aliphatic heterocycles. The van der Waals surface area contributed by atoms with Crippen LogP contribution in [-0.2, 0) is 15.3 Å². The quantitative estimate of drug-likeness (QED) is 0.586. The minimum atomic E-state index is -2.97. The molecule has 5 atom stereocenters. The smallest absolute Gasteiger partial charge is 0.278 e. The average molecular weight is 375 g/mol. The van der Waals surface area contributed by atoms with Crippen molar-refractivity contribution in [3.8, 4) is 0 Å². The molecule has 2 bridgehead atoms. The Balaban J connectivity index is 1.84. The van der Waals surface area contributed by atoms with Gasteiger partial charge in [0.05, 0.1) is 17.8 Å². The maximum absolute atomic E-state index is 14.4. The van der Waals surface area contributed by atoms with Crippen LogP contribution < -0.4 is 0 Å². The number of fused-ring (bicyclic) bond motifs is 5. The number of hydrogen-bond acceptors (Lipinski definition) is 2. The molecule has 0 aromatic heterocycles. The third-order valence-electron chi connectivity index (χ3n) is 8.18. The Morgan fingerprint density at radius 1 is 1.15 bits per heavy atom. The summed E-state index contributed by atoms with van der Waals surface area (Å²) < 4.78 is 23.4. The first kappa shape index (κ1) is 18.7. The third kappa shape index (κ3) is 2.11. The number of nitrogens with zero attached hydrogens (tertiary/aromatic N) is 1. The highest BCUT2D eigenvalue weighted by Crippen LogP contribution is 2.81. The van der Waals surface area contributed by atoms with Gasteiger partial charge in [-0.2, -0.15) is 0 Å². The van der Waals surface area contributed by atoms with E-state index in [-0.39, 0.29) is 28.0 Å². The molecule has 0 amide bonds. The SMILES string of the molecule is CC(C)(C)N1[C@@H]2[C@H]3CC[C@](C)(C3(C)C)[C@]2(C)O[P@]1(=O)Cc1ccccc1. The lowest BCUT2D eigenvalue weighted by Crippen LogP contribution is -2.55. The highest BCUT2D eigenvalue weighted by molar-refractivity contribution is 7.56. The van der Waals surface area contributed by atoms with Crippen LogP contribution in [0.1, 0.15) is 66.9 Å². The molecule has 144 valence electrons. The van der Waals surface area contributed by atoms with Crippen molar-refractivity contribution in [1.29, 1.82) is 0 Å².